The third kappa shape index (κ3) is 4.45. The average Bonchev–Trinajstić information content (AvgIpc) is 3.20. The molecule has 1 atom stereocenters. The van der Waals surface area contributed by atoms with Crippen molar-refractivity contribution < 1.29 is 14.3 Å². The average molecular weight is 418 g/mol. The number of carbonyl (C=O) groups is 1. The van der Waals surface area contributed by atoms with Crippen LogP contribution in [0.4, 0.5) is 5.95 Å². The summed E-state index contributed by atoms with van der Waals surface area (Å²) in [7, 11) is 0. The van der Waals surface area contributed by atoms with Crippen molar-refractivity contribution in [3.63, 3.8) is 0 Å². The van der Waals surface area contributed by atoms with E-state index in [4.69, 9.17) is 9.47 Å². The van der Waals surface area contributed by atoms with Crippen molar-refractivity contribution >= 4 is 11.9 Å². The number of hydrogen-bond donors (Lipinski definition) is 1. The first-order valence-electron chi connectivity index (χ1n) is 10.3. The van der Waals surface area contributed by atoms with Crippen LogP contribution in [0.15, 0.2) is 66.1 Å². The zero-order valence-corrected chi connectivity index (χ0v) is 18.1. The van der Waals surface area contributed by atoms with Gasteiger partial charge in [0.2, 0.25) is 5.95 Å². The Bertz CT molecular complexity index is 1120. The van der Waals surface area contributed by atoms with Gasteiger partial charge in [0.1, 0.15) is 24.7 Å². The predicted molar refractivity (Wildman–Crippen MR) is 118 cm³/mol. The lowest BCUT2D eigenvalue weighted by atomic mass is 9.95. The summed E-state index contributed by atoms with van der Waals surface area (Å²) in [5, 5.41) is 7.50. The third-order valence-electron chi connectivity index (χ3n) is 5.06. The van der Waals surface area contributed by atoms with E-state index in [9.17, 15) is 4.79 Å². The molecule has 0 aliphatic carbocycles. The highest BCUT2D eigenvalue weighted by molar-refractivity contribution is 5.92. The van der Waals surface area contributed by atoms with Gasteiger partial charge in [-0.15, -0.1) is 0 Å². The zero-order chi connectivity index (χ0) is 22.0. The molecule has 0 saturated carbocycles. The van der Waals surface area contributed by atoms with Crippen molar-refractivity contribution in [1.29, 1.82) is 0 Å². The fraction of sp³-hybridized carbons (Fsp3) is 0.292. The summed E-state index contributed by atoms with van der Waals surface area (Å²) < 4.78 is 13.2. The summed E-state index contributed by atoms with van der Waals surface area (Å²) in [6, 6.07) is 15.5. The Morgan fingerprint density at radius 3 is 2.68 bits per heavy atom. The number of allylic oxidation sites excluding steroid dienone is 1. The van der Waals surface area contributed by atoms with Crippen molar-refractivity contribution in [3.8, 4) is 5.75 Å². The van der Waals surface area contributed by atoms with Crippen molar-refractivity contribution in [3.05, 3.63) is 82.8 Å². The molecule has 0 spiro atoms. The highest BCUT2D eigenvalue weighted by atomic mass is 16.5. The molecular formula is C24H26N4O3. The van der Waals surface area contributed by atoms with Crippen LogP contribution in [0, 0.1) is 6.92 Å². The minimum atomic E-state index is -0.465. The molecule has 1 unspecified atom stereocenters. The Hall–Kier alpha value is -3.61. The number of fused-ring (bicyclic) bond motifs is 1. The molecule has 7 nitrogen and oxygen atoms in total. The van der Waals surface area contributed by atoms with Crippen LogP contribution in [0.25, 0.3) is 0 Å². The maximum absolute atomic E-state index is 12.9. The molecule has 3 aromatic rings. The zero-order valence-electron chi connectivity index (χ0n) is 18.1. The van der Waals surface area contributed by atoms with Crippen molar-refractivity contribution in [2.45, 2.75) is 46.4 Å². The van der Waals surface area contributed by atoms with E-state index in [0.29, 0.717) is 29.6 Å². The highest BCUT2D eigenvalue weighted by Gasteiger charge is 2.34. The molecule has 2 heterocycles. The third-order valence-corrected chi connectivity index (χ3v) is 5.06. The van der Waals surface area contributed by atoms with Gasteiger partial charge in [-0.1, -0.05) is 42.0 Å². The largest absolute Gasteiger partial charge is 0.489 e. The van der Waals surface area contributed by atoms with E-state index in [2.05, 4.69) is 46.6 Å². The van der Waals surface area contributed by atoms with Crippen LogP contribution in [0.5, 0.6) is 5.75 Å². The van der Waals surface area contributed by atoms with Gasteiger partial charge in [0.15, 0.2) is 0 Å². The summed E-state index contributed by atoms with van der Waals surface area (Å²) in [6.07, 6.45) is 1.24. The second kappa shape index (κ2) is 8.63. The number of hydrogen-bond acceptors (Lipinski definition) is 6. The predicted octanol–water partition coefficient (Wildman–Crippen LogP) is 4.41. The fourth-order valence-corrected chi connectivity index (χ4v) is 3.57. The first-order valence-corrected chi connectivity index (χ1v) is 10.3. The Labute approximate surface area is 181 Å². The quantitative estimate of drug-likeness (QED) is 0.598. The van der Waals surface area contributed by atoms with Gasteiger partial charge in [0.05, 0.1) is 11.7 Å². The summed E-state index contributed by atoms with van der Waals surface area (Å²) in [6.45, 7) is 8.03. The second-order valence-electron chi connectivity index (χ2n) is 7.90. The molecule has 0 saturated heterocycles. The number of aryl methyl sites for hydroxylation is 1. The van der Waals surface area contributed by atoms with Crippen LogP contribution < -0.4 is 10.1 Å². The van der Waals surface area contributed by atoms with Crippen molar-refractivity contribution in [2.75, 3.05) is 5.32 Å². The summed E-state index contributed by atoms with van der Waals surface area (Å²) in [4.78, 5) is 17.2. The minimum Gasteiger partial charge on any atom is -0.489 e. The van der Waals surface area contributed by atoms with Gasteiger partial charge in [-0.25, -0.2) is 9.48 Å². The molecule has 0 radical (unpaired) electrons. The molecule has 31 heavy (non-hydrogen) atoms. The Morgan fingerprint density at radius 2 is 1.94 bits per heavy atom. The molecule has 0 amide bonds. The normalized spacial score (nSPS) is 15.5. The lowest BCUT2D eigenvalue weighted by Gasteiger charge is -2.28. The first-order chi connectivity index (χ1) is 14.9. The number of benzene rings is 2. The topological polar surface area (TPSA) is 78.3 Å². The maximum atomic E-state index is 12.9. The van der Waals surface area contributed by atoms with Gasteiger partial charge < -0.3 is 14.8 Å². The van der Waals surface area contributed by atoms with Crippen molar-refractivity contribution in [1.82, 2.24) is 14.8 Å². The molecule has 1 aliphatic heterocycles. The van der Waals surface area contributed by atoms with E-state index in [0.717, 1.165) is 11.1 Å². The van der Waals surface area contributed by atoms with Crippen LogP contribution in [-0.4, -0.2) is 26.8 Å². The molecule has 7 heteroatoms. The number of ether oxygens (including phenoxy) is 2. The molecule has 1 aromatic heterocycles. The minimum absolute atomic E-state index is 0.227. The van der Waals surface area contributed by atoms with Gasteiger partial charge in [0.25, 0.3) is 0 Å². The molecule has 4 rings (SSSR count). The number of aromatic nitrogens is 3. The number of rotatable bonds is 6. The number of carbonyl (C=O) groups excluding carboxylic acids is 1. The molecular weight excluding hydrogens is 392 g/mol. The lowest BCUT2D eigenvalue weighted by Crippen LogP contribution is -2.30. The van der Waals surface area contributed by atoms with E-state index in [1.807, 2.05) is 45.0 Å². The van der Waals surface area contributed by atoms with Crippen LogP contribution in [0.3, 0.4) is 0 Å². The second-order valence-corrected chi connectivity index (χ2v) is 7.90. The van der Waals surface area contributed by atoms with Crippen LogP contribution >= 0.6 is 0 Å². The van der Waals surface area contributed by atoms with E-state index in [1.165, 1.54) is 11.9 Å². The van der Waals surface area contributed by atoms with Crippen LogP contribution in [0.2, 0.25) is 0 Å². The standard InChI is InChI=1S/C24H26N4O3/c1-15(2)31-23(29)21-17(4)27-24-25-14-26-28(24)22(21)19-6-5-7-20(12-19)30-13-18-10-8-16(3)9-11-18/h5-12,14-15,22H,13H2,1-4H3,(H,25,26,27). The van der Waals surface area contributed by atoms with Gasteiger partial charge in [0, 0.05) is 5.70 Å². The molecule has 0 bridgehead atoms. The lowest BCUT2D eigenvalue weighted by molar-refractivity contribution is -0.143. The summed E-state index contributed by atoms with van der Waals surface area (Å²) in [5.41, 5.74) is 4.37. The maximum Gasteiger partial charge on any atom is 0.338 e. The number of anilines is 1. The molecule has 160 valence electrons. The van der Waals surface area contributed by atoms with Crippen molar-refractivity contribution in [2.24, 2.45) is 0 Å². The van der Waals surface area contributed by atoms with E-state index >= 15 is 0 Å². The Morgan fingerprint density at radius 1 is 1.16 bits per heavy atom. The van der Waals surface area contributed by atoms with E-state index in [-0.39, 0.29) is 12.1 Å². The highest BCUT2D eigenvalue weighted by Crippen LogP contribution is 2.36. The number of nitrogens with one attached hydrogen (secondary N) is 1. The van der Waals surface area contributed by atoms with Crippen LogP contribution in [-0.2, 0) is 16.1 Å². The van der Waals surface area contributed by atoms with Gasteiger partial charge in [-0.2, -0.15) is 10.1 Å². The van der Waals surface area contributed by atoms with E-state index < -0.39 is 6.04 Å². The van der Waals surface area contributed by atoms with Gasteiger partial charge in [-0.05, 0) is 51.0 Å². The monoisotopic (exact) mass is 418 g/mol. The Balaban J connectivity index is 1.65. The fourth-order valence-electron chi connectivity index (χ4n) is 3.57. The smallest absolute Gasteiger partial charge is 0.338 e. The Kier molecular flexibility index (Phi) is 5.75. The van der Waals surface area contributed by atoms with Gasteiger partial charge >= 0.3 is 5.97 Å². The summed E-state index contributed by atoms with van der Waals surface area (Å²) in [5.74, 6) is 0.916. The number of esters is 1. The van der Waals surface area contributed by atoms with Crippen LogP contribution in [0.1, 0.15) is 43.5 Å². The first kappa shape index (κ1) is 20.7. The number of nitrogens with zero attached hydrogens (tertiary/aromatic N) is 3. The molecule has 0 fully saturated rings. The molecule has 1 aliphatic rings. The molecule has 2 aromatic carbocycles. The SMILES string of the molecule is CC1=C(C(=O)OC(C)C)C(c2cccc(OCc3ccc(C)cc3)c2)n2ncnc2N1. The van der Waals surface area contributed by atoms with E-state index in [1.54, 1.807) is 4.68 Å². The molecule has 1 N–H and O–H groups in total. The summed E-state index contributed by atoms with van der Waals surface area (Å²) >= 11 is 0. The van der Waals surface area contributed by atoms with Gasteiger partial charge in [-0.3, -0.25) is 0 Å².